The molecule has 0 spiro atoms. The zero-order chi connectivity index (χ0) is 23.9. The zero-order valence-electron chi connectivity index (χ0n) is 17.6. The molecule has 0 aliphatic heterocycles. The number of halogens is 3. The van der Waals surface area contributed by atoms with Crippen molar-refractivity contribution in [1.29, 1.82) is 0 Å². The Kier molecular flexibility index (Phi) is 5.45. The van der Waals surface area contributed by atoms with E-state index in [2.05, 4.69) is 20.3 Å². The molecular weight excluding hydrogens is 463 g/mol. The number of carbonyl (C=O) groups excluding carboxylic acids is 1. The van der Waals surface area contributed by atoms with Crippen molar-refractivity contribution < 1.29 is 18.0 Å². The third kappa shape index (κ3) is 3.96. The van der Waals surface area contributed by atoms with Crippen molar-refractivity contribution in [3.8, 4) is 11.3 Å². The van der Waals surface area contributed by atoms with Crippen LogP contribution in [0.4, 0.5) is 18.9 Å². The van der Waals surface area contributed by atoms with Crippen LogP contribution in [0.5, 0.6) is 0 Å². The molecule has 34 heavy (non-hydrogen) atoms. The molecule has 0 saturated heterocycles. The number of para-hydroxylation sites is 1. The molecule has 0 bridgehead atoms. The molecule has 5 aromatic rings. The maximum Gasteiger partial charge on any atom is 0.417 e. The molecule has 0 radical (unpaired) electrons. The second-order valence-electron chi connectivity index (χ2n) is 7.68. The maximum absolute atomic E-state index is 13.9. The van der Waals surface area contributed by atoms with Gasteiger partial charge in [-0.1, -0.05) is 18.2 Å². The van der Waals surface area contributed by atoms with Crippen LogP contribution in [0.1, 0.15) is 20.8 Å². The number of nitrogens with zero attached hydrogens (tertiary/aromatic N) is 2. The molecule has 0 unspecified atom stereocenters. The molecule has 0 saturated carbocycles. The lowest BCUT2D eigenvalue weighted by molar-refractivity contribution is -0.136. The quantitative estimate of drug-likeness (QED) is 0.313. The van der Waals surface area contributed by atoms with E-state index in [1.807, 2.05) is 30.5 Å². The Morgan fingerprint density at radius 2 is 2.00 bits per heavy atom. The van der Waals surface area contributed by atoms with Gasteiger partial charge in [-0.3, -0.25) is 9.78 Å². The van der Waals surface area contributed by atoms with Crippen LogP contribution in [0.25, 0.3) is 32.4 Å². The van der Waals surface area contributed by atoms with Crippen molar-refractivity contribution >= 4 is 44.1 Å². The van der Waals surface area contributed by atoms with Gasteiger partial charge < -0.3 is 16.0 Å². The number of hydrogen-bond acceptors (Lipinski definition) is 5. The first-order valence-corrected chi connectivity index (χ1v) is 11.2. The Labute approximate surface area is 195 Å². The third-order valence-electron chi connectivity index (χ3n) is 5.52. The summed E-state index contributed by atoms with van der Waals surface area (Å²) in [7, 11) is 0. The summed E-state index contributed by atoms with van der Waals surface area (Å²) in [5, 5.41) is 3.56. The Hall–Kier alpha value is -3.92. The number of rotatable bonds is 5. The molecule has 5 rings (SSSR count). The molecule has 6 nitrogen and oxygen atoms in total. The highest BCUT2D eigenvalue weighted by Gasteiger charge is 2.36. The molecule has 0 fully saturated rings. The first kappa shape index (κ1) is 21.9. The largest absolute Gasteiger partial charge is 0.417 e. The summed E-state index contributed by atoms with van der Waals surface area (Å²) in [5.41, 5.74) is 7.48. The molecule has 1 aromatic carbocycles. The number of H-pyrrole nitrogens is 1. The third-order valence-corrected chi connectivity index (χ3v) is 6.62. The van der Waals surface area contributed by atoms with Crippen molar-refractivity contribution in [1.82, 2.24) is 20.3 Å². The zero-order valence-corrected chi connectivity index (χ0v) is 18.4. The number of aromatic amines is 1. The smallest absolute Gasteiger partial charge is 0.397 e. The molecule has 4 aromatic heterocycles. The monoisotopic (exact) mass is 481 g/mol. The molecule has 1 amide bonds. The Balaban J connectivity index is 1.45. The second kappa shape index (κ2) is 8.45. The number of carbonyl (C=O) groups is 1. The fourth-order valence-corrected chi connectivity index (χ4v) is 4.94. The fraction of sp³-hybridized carbons (Fsp3) is 0.125. The van der Waals surface area contributed by atoms with Gasteiger partial charge >= 0.3 is 6.18 Å². The van der Waals surface area contributed by atoms with E-state index in [0.717, 1.165) is 33.9 Å². The number of hydrogen-bond donors (Lipinski definition) is 3. The summed E-state index contributed by atoms with van der Waals surface area (Å²) in [4.78, 5) is 24.4. The molecule has 4 N–H and O–H groups in total. The van der Waals surface area contributed by atoms with Crippen LogP contribution in [-0.2, 0) is 12.6 Å². The molecule has 10 heteroatoms. The Bertz CT molecular complexity index is 1510. The Morgan fingerprint density at radius 3 is 2.76 bits per heavy atom. The number of alkyl halides is 3. The van der Waals surface area contributed by atoms with Gasteiger partial charge in [-0.15, -0.1) is 11.3 Å². The van der Waals surface area contributed by atoms with Gasteiger partial charge in [0.2, 0.25) is 0 Å². The predicted octanol–water partition coefficient (Wildman–Crippen LogP) is 5.41. The second-order valence-corrected chi connectivity index (χ2v) is 8.68. The molecular formula is C24H18F3N5OS. The van der Waals surface area contributed by atoms with Crippen molar-refractivity contribution in [3.63, 3.8) is 0 Å². The number of anilines is 1. The van der Waals surface area contributed by atoms with Crippen LogP contribution in [0.3, 0.4) is 0 Å². The minimum Gasteiger partial charge on any atom is -0.397 e. The summed E-state index contributed by atoms with van der Waals surface area (Å²) in [6, 6.07) is 12.0. The number of amides is 1. The van der Waals surface area contributed by atoms with E-state index in [4.69, 9.17) is 5.73 Å². The summed E-state index contributed by atoms with van der Waals surface area (Å²) in [6.45, 7) is 0.300. The highest BCUT2D eigenvalue weighted by molar-refractivity contribution is 7.21. The average molecular weight is 482 g/mol. The van der Waals surface area contributed by atoms with Crippen LogP contribution >= 0.6 is 11.3 Å². The van der Waals surface area contributed by atoms with Crippen molar-refractivity contribution in [2.75, 3.05) is 12.3 Å². The molecule has 4 heterocycles. The van der Waals surface area contributed by atoms with Gasteiger partial charge in [0.1, 0.15) is 9.71 Å². The first-order valence-electron chi connectivity index (χ1n) is 10.4. The van der Waals surface area contributed by atoms with Crippen molar-refractivity contribution in [3.05, 3.63) is 77.1 Å². The first-order chi connectivity index (χ1) is 16.3. The topological polar surface area (TPSA) is 96.7 Å². The molecule has 0 aliphatic carbocycles. The maximum atomic E-state index is 13.9. The van der Waals surface area contributed by atoms with E-state index in [9.17, 15) is 18.0 Å². The van der Waals surface area contributed by atoms with Gasteiger partial charge in [0.25, 0.3) is 5.91 Å². The van der Waals surface area contributed by atoms with Gasteiger partial charge in [0.15, 0.2) is 0 Å². The minimum absolute atomic E-state index is 0.00950. The fourth-order valence-electron chi connectivity index (χ4n) is 3.90. The number of benzene rings is 1. The van der Waals surface area contributed by atoms with Crippen LogP contribution in [0.2, 0.25) is 0 Å². The van der Waals surface area contributed by atoms with E-state index >= 15 is 0 Å². The van der Waals surface area contributed by atoms with E-state index in [-0.39, 0.29) is 26.5 Å². The highest BCUT2D eigenvalue weighted by atomic mass is 32.1. The lowest BCUT2D eigenvalue weighted by Crippen LogP contribution is -2.25. The Morgan fingerprint density at radius 1 is 1.18 bits per heavy atom. The van der Waals surface area contributed by atoms with Gasteiger partial charge in [-0.25, -0.2) is 4.98 Å². The summed E-state index contributed by atoms with van der Waals surface area (Å²) < 4.78 is 41.7. The van der Waals surface area contributed by atoms with E-state index in [1.54, 1.807) is 12.1 Å². The van der Waals surface area contributed by atoms with Gasteiger partial charge in [0, 0.05) is 47.0 Å². The minimum atomic E-state index is -4.67. The lowest BCUT2D eigenvalue weighted by Gasteiger charge is -2.11. The average Bonchev–Trinajstić information content (AvgIpc) is 3.39. The van der Waals surface area contributed by atoms with E-state index in [1.165, 1.54) is 12.4 Å². The number of nitrogen functional groups attached to an aromatic ring is 1. The standard InChI is InChI=1S/C24H18F3N5OS/c25-24(26,27)16-10-18(14-4-3-8-29-11-14)32-23-19(16)20(28)21(34-23)22(33)30-9-7-13-12-31-17-6-2-1-5-15(13)17/h1-6,8,10-12,31H,7,9,28H2,(H,30,33). The summed E-state index contributed by atoms with van der Waals surface area (Å²) in [6.07, 6.45) is 0.719. The number of nitrogens with one attached hydrogen (secondary N) is 2. The van der Waals surface area contributed by atoms with Crippen LogP contribution in [-0.4, -0.2) is 27.4 Å². The summed E-state index contributed by atoms with van der Waals surface area (Å²) >= 11 is 0.847. The SMILES string of the molecule is Nc1c(C(=O)NCCc2c[nH]c3ccccc23)sc2nc(-c3cccnc3)cc(C(F)(F)F)c12. The molecule has 0 atom stereocenters. The number of pyridine rings is 2. The molecule has 172 valence electrons. The number of aromatic nitrogens is 3. The summed E-state index contributed by atoms with van der Waals surface area (Å²) in [5.74, 6) is -0.531. The van der Waals surface area contributed by atoms with Gasteiger partial charge in [-0.2, -0.15) is 13.2 Å². The number of nitrogens with two attached hydrogens (primary N) is 1. The van der Waals surface area contributed by atoms with Gasteiger partial charge in [-0.05, 0) is 36.2 Å². The molecule has 0 aliphatic rings. The number of thiophene rings is 1. The highest BCUT2D eigenvalue weighted by Crippen LogP contribution is 2.43. The lowest BCUT2D eigenvalue weighted by atomic mass is 10.1. The van der Waals surface area contributed by atoms with Crippen molar-refractivity contribution in [2.45, 2.75) is 12.6 Å². The van der Waals surface area contributed by atoms with E-state index in [0.29, 0.717) is 18.5 Å². The number of fused-ring (bicyclic) bond motifs is 2. The predicted molar refractivity (Wildman–Crippen MR) is 127 cm³/mol. The van der Waals surface area contributed by atoms with E-state index < -0.39 is 17.6 Å². The van der Waals surface area contributed by atoms with Crippen LogP contribution < -0.4 is 11.1 Å². The van der Waals surface area contributed by atoms with Crippen LogP contribution in [0, 0.1) is 0 Å². The van der Waals surface area contributed by atoms with Crippen LogP contribution in [0.15, 0.2) is 61.1 Å². The van der Waals surface area contributed by atoms with Crippen molar-refractivity contribution in [2.24, 2.45) is 0 Å². The van der Waals surface area contributed by atoms with Gasteiger partial charge in [0.05, 0.1) is 16.9 Å². The normalized spacial score (nSPS) is 11.9.